The molecule has 1 rings (SSSR count). The van der Waals surface area contributed by atoms with Crippen LogP contribution in [0.2, 0.25) is 0 Å². The van der Waals surface area contributed by atoms with Gasteiger partial charge < -0.3 is 10.2 Å². The van der Waals surface area contributed by atoms with E-state index >= 15 is 0 Å². The standard InChI is InChI=1S/C17H27N3/c1-6-19-11-15-7-8-17(16(9-15)10-18)20(14(4)5)12-13(2)3/h7-9,13-14,19H,6,11-12H2,1-5H3. The van der Waals surface area contributed by atoms with Crippen LogP contribution in [-0.2, 0) is 6.54 Å². The third-order valence-electron chi connectivity index (χ3n) is 3.26. The molecule has 1 aromatic carbocycles. The molecule has 0 saturated heterocycles. The maximum absolute atomic E-state index is 9.44. The Morgan fingerprint density at radius 3 is 2.45 bits per heavy atom. The molecule has 1 N–H and O–H groups in total. The molecule has 3 nitrogen and oxygen atoms in total. The molecule has 0 aliphatic rings. The third kappa shape index (κ3) is 4.54. The highest BCUT2D eigenvalue weighted by Gasteiger charge is 2.16. The Balaban J connectivity index is 3.06. The van der Waals surface area contributed by atoms with Gasteiger partial charge in [-0.3, -0.25) is 0 Å². The SMILES string of the molecule is CCNCc1ccc(N(CC(C)C)C(C)C)c(C#N)c1. The predicted molar refractivity (Wildman–Crippen MR) is 85.9 cm³/mol. The summed E-state index contributed by atoms with van der Waals surface area (Å²) in [5, 5.41) is 12.7. The van der Waals surface area contributed by atoms with Crippen LogP contribution in [0.3, 0.4) is 0 Å². The molecule has 0 spiro atoms. The van der Waals surface area contributed by atoms with Crippen molar-refractivity contribution in [1.82, 2.24) is 5.32 Å². The van der Waals surface area contributed by atoms with Gasteiger partial charge in [0, 0.05) is 19.1 Å². The Morgan fingerprint density at radius 1 is 1.25 bits per heavy atom. The normalized spacial score (nSPS) is 10.9. The van der Waals surface area contributed by atoms with Crippen LogP contribution in [0.5, 0.6) is 0 Å². The molecule has 0 aliphatic heterocycles. The Kier molecular flexibility index (Phi) is 6.54. The van der Waals surface area contributed by atoms with Crippen molar-refractivity contribution in [2.24, 2.45) is 5.92 Å². The quantitative estimate of drug-likeness (QED) is 0.826. The van der Waals surface area contributed by atoms with E-state index in [4.69, 9.17) is 0 Å². The molecule has 0 unspecified atom stereocenters. The number of nitrogens with zero attached hydrogens (tertiary/aromatic N) is 2. The lowest BCUT2D eigenvalue weighted by Gasteiger charge is -2.31. The van der Waals surface area contributed by atoms with Gasteiger partial charge in [-0.2, -0.15) is 5.26 Å². The molecule has 20 heavy (non-hydrogen) atoms. The topological polar surface area (TPSA) is 39.1 Å². The molecule has 0 amide bonds. The number of anilines is 1. The van der Waals surface area contributed by atoms with Gasteiger partial charge in [-0.15, -0.1) is 0 Å². The van der Waals surface area contributed by atoms with Crippen LogP contribution in [0.4, 0.5) is 5.69 Å². The summed E-state index contributed by atoms with van der Waals surface area (Å²) in [6.45, 7) is 13.6. The Bertz CT molecular complexity index is 458. The van der Waals surface area contributed by atoms with Gasteiger partial charge in [-0.25, -0.2) is 0 Å². The zero-order chi connectivity index (χ0) is 15.1. The lowest BCUT2D eigenvalue weighted by atomic mass is 10.1. The van der Waals surface area contributed by atoms with Gasteiger partial charge in [-0.05, 0) is 44.0 Å². The zero-order valence-corrected chi connectivity index (χ0v) is 13.4. The van der Waals surface area contributed by atoms with Gasteiger partial charge in [0.2, 0.25) is 0 Å². The average molecular weight is 273 g/mol. The molecule has 0 atom stereocenters. The van der Waals surface area contributed by atoms with Crippen LogP contribution in [0.15, 0.2) is 18.2 Å². The first-order chi connectivity index (χ1) is 9.49. The van der Waals surface area contributed by atoms with Crippen molar-refractivity contribution in [3.8, 4) is 6.07 Å². The summed E-state index contributed by atoms with van der Waals surface area (Å²) >= 11 is 0. The smallest absolute Gasteiger partial charge is 0.101 e. The van der Waals surface area contributed by atoms with E-state index in [1.807, 2.05) is 6.07 Å². The fourth-order valence-electron chi connectivity index (χ4n) is 2.28. The molecular formula is C17H27N3. The largest absolute Gasteiger partial charge is 0.368 e. The number of nitrogens with one attached hydrogen (secondary N) is 1. The van der Waals surface area contributed by atoms with E-state index in [9.17, 15) is 5.26 Å². The van der Waals surface area contributed by atoms with Crippen LogP contribution >= 0.6 is 0 Å². The number of rotatable bonds is 7. The van der Waals surface area contributed by atoms with Gasteiger partial charge in [0.1, 0.15) is 6.07 Å². The van der Waals surface area contributed by atoms with E-state index in [0.29, 0.717) is 12.0 Å². The number of nitriles is 1. The van der Waals surface area contributed by atoms with E-state index < -0.39 is 0 Å². The van der Waals surface area contributed by atoms with Crippen molar-refractivity contribution < 1.29 is 0 Å². The summed E-state index contributed by atoms with van der Waals surface area (Å²) in [4.78, 5) is 2.32. The Hall–Kier alpha value is -1.53. The van der Waals surface area contributed by atoms with Crippen molar-refractivity contribution in [3.05, 3.63) is 29.3 Å². The highest BCUT2D eigenvalue weighted by molar-refractivity contribution is 5.61. The molecule has 1 aromatic rings. The second-order valence-corrected chi connectivity index (χ2v) is 5.88. The minimum atomic E-state index is 0.393. The van der Waals surface area contributed by atoms with Crippen molar-refractivity contribution in [2.75, 3.05) is 18.0 Å². The van der Waals surface area contributed by atoms with E-state index in [0.717, 1.165) is 30.9 Å². The minimum Gasteiger partial charge on any atom is -0.368 e. The van der Waals surface area contributed by atoms with Crippen LogP contribution in [0.1, 0.15) is 45.7 Å². The van der Waals surface area contributed by atoms with Gasteiger partial charge in [0.15, 0.2) is 0 Å². The van der Waals surface area contributed by atoms with E-state index in [1.54, 1.807) is 0 Å². The minimum absolute atomic E-state index is 0.393. The number of hydrogen-bond acceptors (Lipinski definition) is 3. The highest BCUT2D eigenvalue weighted by atomic mass is 15.2. The van der Waals surface area contributed by atoms with Gasteiger partial charge in [0.05, 0.1) is 11.3 Å². The molecule has 0 fully saturated rings. The molecular weight excluding hydrogens is 246 g/mol. The Morgan fingerprint density at radius 2 is 1.95 bits per heavy atom. The first kappa shape index (κ1) is 16.5. The van der Waals surface area contributed by atoms with Crippen LogP contribution in [0.25, 0.3) is 0 Å². The van der Waals surface area contributed by atoms with E-state index in [-0.39, 0.29) is 0 Å². The van der Waals surface area contributed by atoms with Crippen molar-refractivity contribution in [2.45, 2.75) is 47.2 Å². The van der Waals surface area contributed by atoms with Crippen molar-refractivity contribution >= 4 is 5.69 Å². The zero-order valence-electron chi connectivity index (χ0n) is 13.4. The first-order valence-electron chi connectivity index (χ1n) is 7.50. The van der Waals surface area contributed by atoms with Crippen LogP contribution < -0.4 is 10.2 Å². The van der Waals surface area contributed by atoms with Crippen molar-refractivity contribution in [3.63, 3.8) is 0 Å². The summed E-state index contributed by atoms with van der Waals surface area (Å²) in [5.41, 5.74) is 2.99. The lowest BCUT2D eigenvalue weighted by molar-refractivity contribution is 0.570. The predicted octanol–water partition coefficient (Wildman–Crippen LogP) is 3.54. The monoisotopic (exact) mass is 273 g/mol. The Labute approximate surface area is 123 Å². The maximum atomic E-state index is 9.44. The summed E-state index contributed by atoms with van der Waals surface area (Å²) < 4.78 is 0. The summed E-state index contributed by atoms with van der Waals surface area (Å²) in [6.07, 6.45) is 0. The molecule has 0 bridgehead atoms. The summed E-state index contributed by atoms with van der Waals surface area (Å²) in [5.74, 6) is 0.574. The molecule has 110 valence electrons. The highest BCUT2D eigenvalue weighted by Crippen LogP contribution is 2.24. The summed E-state index contributed by atoms with van der Waals surface area (Å²) in [6, 6.07) is 8.96. The fraction of sp³-hybridized carbons (Fsp3) is 0.588. The third-order valence-corrected chi connectivity index (χ3v) is 3.26. The van der Waals surface area contributed by atoms with E-state index in [2.05, 4.69) is 63.0 Å². The number of hydrogen-bond donors (Lipinski definition) is 1. The van der Waals surface area contributed by atoms with Gasteiger partial charge in [0.25, 0.3) is 0 Å². The molecule has 3 heteroatoms. The molecule has 0 heterocycles. The van der Waals surface area contributed by atoms with Gasteiger partial charge in [-0.1, -0.05) is 26.8 Å². The summed E-state index contributed by atoms with van der Waals surface area (Å²) in [7, 11) is 0. The van der Waals surface area contributed by atoms with E-state index in [1.165, 1.54) is 5.56 Å². The molecule has 0 aromatic heterocycles. The van der Waals surface area contributed by atoms with Gasteiger partial charge >= 0.3 is 0 Å². The molecule has 0 radical (unpaired) electrons. The number of benzene rings is 1. The average Bonchev–Trinajstić information content (AvgIpc) is 2.42. The maximum Gasteiger partial charge on any atom is 0.101 e. The fourth-order valence-corrected chi connectivity index (χ4v) is 2.28. The second kappa shape index (κ2) is 7.91. The molecule has 0 aliphatic carbocycles. The second-order valence-electron chi connectivity index (χ2n) is 5.88. The van der Waals surface area contributed by atoms with Crippen LogP contribution in [0, 0.1) is 17.2 Å². The van der Waals surface area contributed by atoms with Crippen molar-refractivity contribution in [1.29, 1.82) is 5.26 Å². The lowest BCUT2D eigenvalue weighted by Crippen LogP contribution is -2.34. The molecule has 0 saturated carbocycles. The first-order valence-corrected chi connectivity index (χ1v) is 7.50. The van der Waals surface area contributed by atoms with Crippen LogP contribution in [-0.4, -0.2) is 19.1 Å².